The molecule has 5 heteroatoms. The number of nitro benzene ring substituents is 1. The van der Waals surface area contributed by atoms with Crippen LogP contribution >= 0.6 is 0 Å². The highest BCUT2D eigenvalue weighted by atomic mass is 16.6. The molecule has 0 spiro atoms. The minimum Gasteiger partial charge on any atom is -0.396 e. The standard InChI is InChI=1S/C10H11NO4/c1-7-8(4-5-12)2-3-9(6-13)10(7)11(14)15/h2-3,6,12H,4-5H2,1H3. The van der Waals surface area contributed by atoms with Gasteiger partial charge in [0.05, 0.1) is 10.5 Å². The molecule has 0 atom stereocenters. The minimum absolute atomic E-state index is 0.0687. The average Bonchev–Trinajstić information content (AvgIpc) is 2.20. The number of aldehydes is 1. The number of nitro groups is 1. The maximum Gasteiger partial charge on any atom is 0.283 e. The summed E-state index contributed by atoms with van der Waals surface area (Å²) < 4.78 is 0. The van der Waals surface area contributed by atoms with Crippen molar-refractivity contribution < 1.29 is 14.8 Å². The maximum absolute atomic E-state index is 10.7. The lowest BCUT2D eigenvalue weighted by molar-refractivity contribution is -0.385. The molecule has 1 N–H and O–H groups in total. The van der Waals surface area contributed by atoms with Gasteiger partial charge < -0.3 is 5.11 Å². The van der Waals surface area contributed by atoms with Crippen molar-refractivity contribution in [2.75, 3.05) is 6.61 Å². The highest BCUT2D eigenvalue weighted by Crippen LogP contribution is 2.25. The number of hydrogen-bond acceptors (Lipinski definition) is 4. The highest BCUT2D eigenvalue weighted by Gasteiger charge is 2.19. The van der Waals surface area contributed by atoms with Crippen LogP contribution in [0.25, 0.3) is 0 Å². The molecule has 0 heterocycles. The molecule has 0 bridgehead atoms. The summed E-state index contributed by atoms with van der Waals surface area (Å²) in [7, 11) is 0. The summed E-state index contributed by atoms with van der Waals surface area (Å²) in [6.45, 7) is 1.51. The van der Waals surface area contributed by atoms with Gasteiger partial charge >= 0.3 is 0 Å². The van der Waals surface area contributed by atoms with Gasteiger partial charge in [0.2, 0.25) is 0 Å². The monoisotopic (exact) mass is 209 g/mol. The van der Waals surface area contributed by atoms with Crippen molar-refractivity contribution in [3.8, 4) is 0 Å². The Bertz CT molecular complexity index is 401. The van der Waals surface area contributed by atoms with Gasteiger partial charge in [-0.05, 0) is 25.0 Å². The predicted molar refractivity (Wildman–Crippen MR) is 54.0 cm³/mol. The topological polar surface area (TPSA) is 80.4 Å². The molecule has 0 unspecified atom stereocenters. The van der Waals surface area contributed by atoms with E-state index in [0.717, 1.165) is 0 Å². The van der Waals surface area contributed by atoms with Crippen LogP contribution in [-0.2, 0) is 6.42 Å². The SMILES string of the molecule is Cc1c(CCO)ccc(C=O)c1[N+](=O)[O-]. The summed E-state index contributed by atoms with van der Waals surface area (Å²) >= 11 is 0. The van der Waals surface area contributed by atoms with E-state index in [1.165, 1.54) is 6.07 Å². The van der Waals surface area contributed by atoms with Crippen LogP contribution in [0.15, 0.2) is 12.1 Å². The fourth-order valence-corrected chi connectivity index (χ4v) is 1.49. The lowest BCUT2D eigenvalue weighted by atomic mass is 10.0. The maximum atomic E-state index is 10.7. The number of rotatable bonds is 4. The van der Waals surface area contributed by atoms with E-state index < -0.39 is 4.92 Å². The number of aliphatic hydroxyl groups excluding tert-OH is 1. The molecule has 0 saturated carbocycles. The van der Waals surface area contributed by atoms with E-state index in [0.29, 0.717) is 23.8 Å². The van der Waals surface area contributed by atoms with Gasteiger partial charge in [-0.2, -0.15) is 0 Å². The first kappa shape index (κ1) is 11.3. The van der Waals surface area contributed by atoms with Crippen LogP contribution < -0.4 is 0 Å². The summed E-state index contributed by atoms with van der Waals surface area (Å²) in [6, 6.07) is 3.03. The number of aliphatic hydroxyl groups is 1. The lowest BCUT2D eigenvalue weighted by Gasteiger charge is -2.06. The summed E-state index contributed by atoms with van der Waals surface area (Å²) in [5.74, 6) is 0. The van der Waals surface area contributed by atoms with E-state index in [1.807, 2.05) is 0 Å². The second kappa shape index (κ2) is 4.65. The molecule has 1 rings (SSSR count). The van der Waals surface area contributed by atoms with Crippen LogP contribution in [0.2, 0.25) is 0 Å². The Morgan fingerprint density at radius 2 is 2.20 bits per heavy atom. The van der Waals surface area contributed by atoms with Crippen LogP contribution in [0.1, 0.15) is 21.5 Å². The number of carbonyl (C=O) groups is 1. The van der Waals surface area contributed by atoms with Crippen molar-refractivity contribution in [2.45, 2.75) is 13.3 Å². The quantitative estimate of drug-likeness (QED) is 0.459. The smallest absolute Gasteiger partial charge is 0.283 e. The molecule has 0 aliphatic carbocycles. The number of hydrogen-bond donors (Lipinski definition) is 1. The molecule has 80 valence electrons. The third kappa shape index (κ3) is 2.19. The molecular formula is C10H11NO4. The fraction of sp³-hybridized carbons (Fsp3) is 0.300. The van der Waals surface area contributed by atoms with Gasteiger partial charge in [0, 0.05) is 12.2 Å². The van der Waals surface area contributed by atoms with Gasteiger partial charge in [0.25, 0.3) is 5.69 Å². The molecule has 0 aliphatic heterocycles. The third-order valence-corrected chi connectivity index (χ3v) is 2.27. The van der Waals surface area contributed by atoms with E-state index in [-0.39, 0.29) is 17.9 Å². The van der Waals surface area contributed by atoms with Crippen molar-refractivity contribution in [3.63, 3.8) is 0 Å². The van der Waals surface area contributed by atoms with Gasteiger partial charge in [0.1, 0.15) is 0 Å². The van der Waals surface area contributed by atoms with E-state index >= 15 is 0 Å². The van der Waals surface area contributed by atoms with Crippen LogP contribution in [0.3, 0.4) is 0 Å². The number of benzene rings is 1. The zero-order chi connectivity index (χ0) is 11.4. The van der Waals surface area contributed by atoms with E-state index in [4.69, 9.17) is 5.11 Å². The summed E-state index contributed by atoms with van der Waals surface area (Å²) in [5, 5.41) is 19.5. The van der Waals surface area contributed by atoms with Gasteiger partial charge in [-0.15, -0.1) is 0 Å². The number of carbonyl (C=O) groups excluding carboxylic acids is 1. The molecule has 0 aliphatic rings. The Morgan fingerprint density at radius 1 is 1.53 bits per heavy atom. The largest absolute Gasteiger partial charge is 0.396 e. The summed E-state index contributed by atoms with van der Waals surface area (Å²) in [5.41, 5.74) is 1.03. The molecule has 0 aromatic heterocycles. The molecule has 0 fully saturated rings. The van der Waals surface area contributed by atoms with Crippen molar-refractivity contribution in [2.24, 2.45) is 0 Å². The normalized spacial score (nSPS) is 10.0. The molecular weight excluding hydrogens is 198 g/mol. The Hall–Kier alpha value is -1.75. The first-order valence-electron chi connectivity index (χ1n) is 4.44. The molecule has 1 aromatic carbocycles. The fourth-order valence-electron chi connectivity index (χ4n) is 1.49. The summed E-state index contributed by atoms with van der Waals surface area (Å²) in [4.78, 5) is 20.8. The van der Waals surface area contributed by atoms with Crippen LogP contribution in [-0.4, -0.2) is 22.9 Å². The van der Waals surface area contributed by atoms with Crippen molar-refractivity contribution in [1.82, 2.24) is 0 Å². The molecule has 5 nitrogen and oxygen atoms in total. The van der Waals surface area contributed by atoms with E-state index in [1.54, 1.807) is 13.0 Å². The van der Waals surface area contributed by atoms with Crippen molar-refractivity contribution >= 4 is 12.0 Å². The minimum atomic E-state index is -0.570. The lowest BCUT2D eigenvalue weighted by Crippen LogP contribution is -2.02. The van der Waals surface area contributed by atoms with Gasteiger partial charge in [-0.25, -0.2) is 0 Å². The first-order chi connectivity index (χ1) is 7.11. The van der Waals surface area contributed by atoms with Gasteiger partial charge in [-0.1, -0.05) is 6.07 Å². The highest BCUT2D eigenvalue weighted by molar-refractivity contribution is 5.82. The Balaban J connectivity index is 3.35. The van der Waals surface area contributed by atoms with Gasteiger partial charge in [-0.3, -0.25) is 14.9 Å². The van der Waals surface area contributed by atoms with Crippen LogP contribution in [0.4, 0.5) is 5.69 Å². The van der Waals surface area contributed by atoms with Crippen molar-refractivity contribution in [1.29, 1.82) is 0 Å². The predicted octanol–water partition coefficient (Wildman–Crippen LogP) is 1.25. The van der Waals surface area contributed by atoms with Crippen molar-refractivity contribution in [3.05, 3.63) is 38.9 Å². The Morgan fingerprint density at radius 3 is 2.67 bits per heavy atom. The first-order valence-corrected chi connectivity index (χ1v) is 4.44. The Labute approximate surface area is 86.5 Å². The second-order valence-electron chi connectivity index (χ2n) is 3.14. The van der Waals surface area contributed by atoms with Crippen LogP contribution in [0.5, 0.6) is 0 Å². The van der Waals surface area contributed by atoms with E-state index in [9.17, 15) is 14.9 Å². The van der Waals surface area contributed by atoms with Gasteiger partial charge in [0.15, 0.2) is 6.29 Å². The zero-order valence-corrected chi connectivity index (χ0v) is 8.27. The molecule has 0 radical (unpaired) electrons. The average molecular weight is 209 g/mol. The Kier molecular flexibility index (Phi) is 3.51. The number of nitrogens with zero attached hydrogens (tertiary/aromatic N) is 1. The molecule has 1 aromatic rings. The summed E-state index contributed by atoms with van der Waals surface area (Å²) in [6.07, 6.45) is 0.819. The van der Waals surface area contributed by atoms with Crippen LogP contribution in [0, 0.1) is 17.0 Å². The molecule has 15 heavy (non-hydrogen) atoms. The second-order valence-corrected chi connectivity index (χ2v) is 3.14. The molecule has 0 saturated heterocycles. The third-order valence-electron chi connectivity index (χ3n) is 2.27. The molecule has 0 amide bonds. The zero-order valence-electron chi connectivity index (χ0n) is 8.27. The van der Waals surface area contributed by atoms with E-state index in [2.05, 4.69) is 0 Å².